The summed E-state index contributed by atoms with van der Waals surface area (Å²) in [4.78, 5) is 0. The van der Waals surface area contributed by atoms with E-state index < -0.39 is 0 Å². The molecular weight excluding hydrogens is 156 g/mol. The molecule has 13 heavy (non-hydrogen) atoms. The summed E-state index contributed by atoms with van der Waals surface area (Å²) in [6.07, 6.45) is 7.12. The summed E-state index contributed by atoms with van der Waals surface area (Å²) in [5.41, 5.74) is 3.09. The van der Waals surface area contributed by atoms with E-state index in [1.54, 1.807) is 0 Å². The lowest BCUT2D eigenvalue weighted by Crippen LogP contribution is -2.14. The van der Waals surface area contributed by atoms with E-state index in [1.165, 1.54) is 24.0 Å². The molecular formula is C13H16. The van der Waals surface area contributed by atoms with Gasteiger partial charge in [0.05, 0.1) is 0 Å². The first-order valence-corrected chi connectivity index (χ1v) is 4.96. The van der Waals surface area contributed by atoms with Crippen LogP contribution in [0, 0.1) is 6.92 Å². The Morgan fingerprint density at radius 2 is 1.85 bits per heavy atom. The van der Waals surface area contributed by atoms with Crippen LogP contribution in [0.3, 0.4) is 0 Å². The van der Waals surface area contributed by atoms with Crippen LogP contribution in [-0.4, -0.2) is 0 Å². The third kappa shape index (κ3) is 1.53. The van der Waals surface area contributed by atoms with Crippen molar-refractivity contribution in [3.05, 3.63) is 47.5 Å². The molecule has 0 spiro atoms. The van der Waals surface area contributed by atoms with Crippen molar-refractivity contribution in [2.45, 2.75) is 32.1 Å². The molecule has 0 aromatic heterocycles. The first kappa shape index (κ1) is 8.55. The second-order valence-corrected chi connectivity index (χ2v) is 4.22. The van der Waals surface area contributed by atoms with Gasteiger partial charge in [0, 0.05) is 5.41 Å². The highest BCUT2D eigenvalue weighted by Gasteiger charge is 2.25. The fraction of sp³-hybridized carbons (Fsp3) is 0.385. The minimum absolute atomic E-state index is 0.299. The Kier molecular flexibility index (Phi) is 1.99. The molecule has 1 atom stereocenters. The summed E-state index contributed by atoms with van der Waals surface area (Å²) in [5, 5.41) is 0. The summed E-state index contributed by atoms with van der Waals surface area (Å²) in [5.74, 6) is 0. The van der Waals surface area contributed by atoms with Crippen molar-refractivity contribution in [1.29, 1.82) is 0 Å². The van der Waals surface area contributed by atoms with E-state index >= 15 is 0 Å². The molecule has 2 rings (SSSR count). The fourth-order valence-corrected chi connectivity index (χ4v) is 1.98. The minimum Gasteiger partial charge on any atom is -0.0876 e. The maximum atomic E-state index is 2.34. The van der Waals surface area contributed by atoms with Crippen molar-refractivity contribution in [3.63, 3.8) is 0 Å². The molecule has 1 aromatic carbocycles. The Balaban J connectivity index is 2.35. The molecule has 0 saturated carbocycles. The molecule has 0 saturated heterocycles. The van der Waals surface area contributed by atoms with E-state index in [-0.39, 0.29) is 0 Å². The van der Waals surface area contributed by atoms with Gasteiger partial charge in [-0.2, -0.15) is 0 Å². The lowest BCUT2D eigenvalue weighted by molar-refractivity contribution is 0.579. The van der Waals surface area contributed by atoms with Crippen LogP contribution in [0.25, 0.3) is 0 Å². The van der Waals surface area contributed by atoms with Gasteiger partial charge < -0.3 is 0 Å². The standard InChI is InChI=1S/C13H16/c1-11-5-7-12(8-6-11)13(2)9-3-4-10-13/h3,5-9H,4,10H2,1-2H3/t13-/m0/s1. The number of rotatable bonds is 1. The van der Waals surface area contributed by atoms with Crippen LogP contribution in [0.5, 0.6) is 0 Å². The van der Waals surface area contributed by atoms with Crippen LogP contribution in [0.4, 0.5) is 0 Å². The van der Waals surface area contributed by atoms with Gasteiger partial charge in [-0.1, -0.05) is 48.9 Å². The van der Waals surface area contributed by atoms with Crippen LogP contribution in [0.1, 0.15) is 30.9 Å². The molecule has 0 radical (unpaired) electrons. The van der Waals surface area contributed by atoms with Gasteiger partial charge in [-0.25, -0.2) is 0 Å². The van der Waals surface area contributed by atoms with Crippen LogP contribution in [0.2, 0.25) is 0 Å². The predicted molar refractivity (Wildman–Crippen MR) is 56.9 cm³/mol. The Bertz CT molecular complexity index is 318. The Morgan fingerprint density at radius 3 is 2.38 bits per heavy atom. The van der Waals surface area contributed by atoms with Crippen molar-refractivity contribution in [3.8, 4) is 0 Å². The largest absolute Gasteiger partial charge is 0.0876 e. The zero-order chi connectivity index (χ0) is 9.31. The molecule has 68 valence electrons. The zero-order valence-electron chi connectivity index (χ0n) is 8.38. The maximum absolute atomic E-state index is 2.34. The van der Waals surface area contributed by atoms with E-state index in [9.17, 15) is 0 Å². The number of benzene rings is 1. The number of hydrogen-bond acceptors (Lipinski definition) is 0. The van der Waals surface area contributed by atoms with Crippen molar-refractivity contribution in [2.75, 3.05) is 0 Å². The van der Waals surface area contributed by atoms with Crippen molar-refractivity contribution in [2.24, 2.45) is 0 Å². The minimum atomic E-state index is 0.299. The highest BCUT2D eigenvalue weighted by atomic mass is 14.3. The van der Waals surface area contributed by atoms with E-state index in [4.69, 9.17) is 0 Å². The third-order valence-corrected chi connectivity index (χ3v) is 3.03. The van der Waals surface area contributed by atoms with Gasteiger partial charge in [0.1, 0.15) is 0 Å². The van der Waals surface area contributed by atoms with Gasteiger partial charge in [0.25, 0.3) is 0 Å². The molecule has 0 heterocycles. The summed E-state index contributed by atoms with van der Waals surface area (Å²) < 4.78 is 0. The van der Waals surface area contributed by atoms with Crippen molar-refractivity contribution < 1.29 is 0 Å². The fourth-order valence-electron chi connectivity index (χ4n) is 1.98. The monoisotopic (exact) mass is 172 g/mol. The molecule has 1 aliphatic rings. The van der Waals surface area contributed by atoms with Crippen LogP contribution in [-0.2, 0) is 5.41 Å². The average Bonchev–Trinajstić information content (AvgIpc) is 2.54. The second kappa shape index (κ2) is 3.02. The topological polar surface area (TPSA) is 0 Å². The van der Waals surface area contributed by atoms with E-state index in [1.807, 2.05) is 0 Å². The van der Waals surface area contributed by atoms with Gasteiger partial charge in [-0.15, -0.1) is 0 Å². The smallest absolute Gasteiger partial charge is 0.0106 e. The molecule has 0 N–H and O–H groups in total. The zero-order valence-corrected chi connectivity index (χ0v) is 8.38. The molecule has 1 aromatic rings. The Hall–Kier alpha value is -1.04. The van der Waals surface area contributed by atoms with E-state index in [0.717, 1.165) is 0 Å². The maximum Gasteiger partial charge on any atom is 0.0106 e. The first-order chi connectivity index (χ1) is 6.21. The average molecular weight is 172 g/mol. The second-order valence-electron chi connectivity index (χ2n) is 4.22. The molecule has 0 fully saturated rings. The highest BCUT2D eigenvalue weighted by Crippen LogP contribution is 2.35. The number of allylic oxidation sites excluding steroid dienone is 2. The van der Waals surface area contributed by atoms with Gasteiger partial charge in [-0.05, 0) is 25.3 Å². The lowest BCUT2D eigenvalue weighted by atomic mass is 9.82. The third-order valence-electron chi connectivity index (χ3n) is 3.03. The first-order valence-electron chi connectivity index (χ1n) is 4.96. The molecule has 0 bridgehead atoms. The SMILES string of the molecule is Cc1ccc([C@@]2(C)C=CCC2)cc1. The summed E-state index contributed by atoms with van der Waals surface area (Å²) >= 11 is 0. The highest BCUT2D eigenvalue weighted by molar-refractivity contribution is 5.34. The van der Waals surface area contributed by atoms with Crippen molar-refractivity contribution >= 4 is 0 Å². The summed E-state index contributed by atoms with van der Waals surface area (Å²) in [6, 6.07) is 8.91. The number of aryl methyl sites for hydroxylation is 1. The van der Waals surface area contributed by atoms with Crippen LogP contribution < -0.4 is 0 Å². The Morgan fingerprint density at radius 1 is 1.15 bits per heavy atom. The summed E-state index contributed by atoms with van der Waals surface area (Å²) in [6.45, 7) is 4.46. The molecule has 0 nitrogen and oxygen atoms in total. The molecule has 0 unspecified atom stereocenters. The van der Waals surface area contributed by atoms with Gasteiger partial charge in [0.15, 0.2) is 0 Å². The number of hydrogen-bond donors (Lipinski definition) is 0. The van der Waals surface area contributed by atoms with Gasteiger partial charge >= 0.3 is 0 Å². The molecule has 0 aliphatic heterocycles. The Labute approximate surface area is 80.3 Å². The van der Waals surface area contributed by atoms with E-state index in [0.29, 0.717) is 5.41 Å². The quantitative estimate of drug-likeness (QED) is 0.568. The molecule has 1 aliphatic carbocycles. The van der Waals surface area contributed by atoms with Crippen LogP contribution >= 0.6 is 0 Å². The van der Waals surface area contributed by atoms with Crippen molar-refractivity contribution in [1.82, 2.24) is 0 Å². The molecule has 0 heteroatoms. The van der Waals surface area contributed by atoms with Crippen LogP contribution in [0.15, 0.2) is 36.4 Å². The van der Waals surface area contributed by atoms with E-state index in [2.05, 4.69) is 50.3 Å². The van der Waals surface area contributed by atoms with Gasteiger partial charge in [0.2, 0.25) is 0 Å². The summed E-state index contributed by atoms with van der Waals surface area (Å²) in [7, 11) is 0. The normalized spacial score (nSPS) is 26.6. The van der Waals surface area contributed by atoms with Gasteiger partial charge in [-0.3, -0.25) is 0 Å². The lowest BCUT2D eigenvalue weighted by Gasteiger charge is -2.22. The molecule has 0 amide bonds. The predicted octanol–water partition coefficient (Wildman–Crippen LogP) is 3.60.